The lowest BCUT2D eigenvalue weighted by Gasteiger charge is -1.98. The number of carbonyl (C=O) groups excluding carboxylic acids is 2. The molecule has 12 heavy (non-hydrogen) atoms. The molecule has 1 aliphatic carbocycles. The van der Waals surface area contributed by atoms with Crippen molar-refractivity contribution >= 4 is 46.5 Å². The van der Waals surface area contributed by atoms with E-state index in [0.29, 0.717) is 12.9 Å². The first-order valence-corrected chi connectivity index (χ1v) is 5.13. The molecule has 0 saturated heterocycles. The lowest BCUT2D eigenvalue weighted by molar-refractivity contribution is 0.1000. The fourth-order valence-electron chi connectivity index (χ4n) is 0.907. The summed E-state index contributed by atoms with van der Waals surface area (Å²) in [4.78, 5) is 23.3. The van der Waals surface area contributed by atoms with Crippen LogP contribution in [-0.4, -0.2) is 11.6 Å². The molecule has 0 aliphatic heterocycles. The molecule has 2 rings (SSSR count). The zero-order chi connectivity index (χ0) is 8.72. The van der Waals surface area contributed by atoms with Gasteiger partial charge in [0.25, 0.3) is 0 Å². The normalized spacial score (nSPS) is 15.0. The van der Waals surface area contributed by atoms with Gasteiger partial charge in [-0.1, -0.05) is 12.2 Å². The van der Waals surface area contributed by atoms with Crippen molar-refractivity contribution < 1.29 is 9.59 Å². The first-order chi connectivity index (χ1) is 5.68. The van der Waals surface area contributed by atoms with Gasteiger partial charge in [-0.3, -0.25) is 9.59 Å². The Hall–Kier alpha value is -0.650. The van der Waals surface area contributed by atoms with Gasteiger partial charge in [-0.2, -0.15) is 0 Å². The molecular formula is C7H2O2S3. The quantitative estimate of drug-likeness (QED) is 0.622. The molecule has 0 spiro atoms. The van der Waals surface area contributed by atoms with Gasteiger partial charge in [0.05, 0.1) is 9.75 Å². The van der Waals surface area contributed by atoms with Crippen LogP contribution >= 0.6 is 34.9 Å². The lowest BCUT2D eigenvalue weighted by Crippen LogP contribution is -2.06. The molecule has 1 aromatic heterocycles. The Morgan fingerprint density at radius 1 is 1.00 bits per heavy atom. The minimum atomic E-state index is -0.109. The van der Waals surface area contributed by atoms with Gasteiger partial charge in [0.2, 0.25) is 0 Å². The highest BCUT2D eigenvalue weighted by molar-refractivity contribution is 7.76. The van der Waals surface area contributed by atoms with Gasteiger partial charge in [-0.15, -0.1) is 22.7 Å². The van der Waals surface area contributed by atoms with Crippen LogP contribution in [-0.2, 0) is 0 Å². The smallest absolute Gasteiger partial charge is 0.197 e. The highest BCUT2D eigenvalue weighted by Crippen LogP contribution is 2.28. The third-order valence-electron chi connectivity index (χ3n) is 1.41. The number of carbonyl (C=O) groups is 2. The Morgan fingerprint density at radius 2 is 1.42 bits per heavy atom. The van der Waals surface area contributed by atoms with E-state index in [1.54, 1.807) is 0 Å². The molecule has 1 aromatic rings. The van der Waals surface area contributed by atoms with E-state index in [2.05, 4.69) is 0 Å². The number of fused-ring (bicyclic) bond motifs is 1. The summed E-state index contributed by atoms with van der Waals surface area (Å²) in [5.74, 6) is -0.219. The molecule has 0 saturated carbocycles. The fourth-order valence-corrected chi connectivity index (χ4v) is 3.38. The maximum absolute atomic E-state index is 11.2. The predicted molar refractivity (Wildman–Crippen MR) is 50.8 cm³/mol. The standard InChI is InChI=1S/C7H2O2S3/c8-3-1-2-4(9)6-5(3)11-7(10)12-6/h1-2H. The van der Waals surface area contributed by atoms with E-state index >= 15 is 0 Å². The van der Waals surface area contributed by atoms with Gasteiger partial charge in [-0.25, -0.2) is 0 Å². The molecule has 0 unspecified atom stereocenters. The van der Waals surface area contributed by atoms with Crippen LogP contribution in [0.5, 0.6) is 0 Å². The van der Waals surface area contributed by atoms with Crippen molar-refractivity contribution in [3.8, 4) is 0 Å². The average molecular weight is 214 g/mol. The number of hydrogen-bond donors (Lipinski definition) is 0. The molecule has 1 heterocycles. The first-order valence-electron chi connectivity index (χ1n) is 3.09. The molecule has 0 N–H and O–H groups in total. The molecule has 0 aromatic carbocycles. The zero-order valence-corrected chi connectivity index (χ0v) is 8.15. The molecule has 0 atom stereocenters. The molecule has 0 bridgehead atoms. The van der Waals surface area contributed by atoms with Gasteiger partial charge in [0.15, 0.2) is 11.6 Å². The second-order valence-corrected chi connectivity index (χ2v) is 5.40. The summed E-state index contributed by atoms with van der Waals surface area (Å²) in [5.41, 5.74) is 0. The summed E-state index contributed by atoms with van der Waals surface area (Å²) < 4.78 is 0.630. The van der Waals surface area contributed by atoms with E-state index in [1.165, 1.54) is 34.8 Å². The topological polar surface area (TPSA) is 34.1 Å². The van der Waals surface area contributed by atoms with Gasteiger partial charge in [-0.05, 0) is 12.2 Å². The van der Waals surface area contributed by atoms with Crippen molar-refractivity contribution in [1.29, 1.82) is 0 Å². The van der Waals surface area contributed by atoms with Crippen LogP contribution in [0.1, 0.15) is 19.3 Å². The van der Waals surface area contributed by atoms with Gasteiger partial charge >= 0.3 is 0 Å². The Kier molecular flexibility index (Phi) is 1.79. The SMILES string of the molecule is O=C1C=CC(=O)c2sc(=S)sc21. The molecule has 1 aliphatic rings. The monoisotopic (exact) mass is 214 g/mol. The first kappa shape index (κ1) is 7.97. The van der Waals surface area contributed by atoms with Crippen LogP contribution in [0.3, 0.4) is 0 Å². The van der Waals surface area contributed by atoms with Crippen molar-refractivity contribution in [3.05, 3.63) is 25.0 Å². The predicted octanol–water partition coefficient (Wildman–Crippen LogP) is 2.47. The molecule has 0 fully saturated rings. The van der Waals surface area contributed by atoms with Crippen molar-refractivity contribution in [1.82, 2.24) is 0 Å². The van der Waals surface area contributed by atoms with E-state index in [9.17, 15) is 9.59 Å². The van der Waals surface area contributed by atoms with Gasteiger partial charge in [0.1, 0.15) is 3.14 Å². The number of ketones is 2. The van der Waals surface area contributed by atoms with Crippen LogP contribution in [0.25, 0.3) is 0 Å². The minimum Gasteiger partial charge on any atom is -0.288 e. The summed E-state index contributed by atoms with van der Waals surface area (Å²) in [6.07, 6.45) is 2.59. The molecule has 0 radical (unpaired) electrons. The Bertz CT molecular complexity index is 411. The average Bonchev–Trinajstić information content (AvgIpc) is 2.41. The van der Waals surface area contributed by atoms with Gasteiger partial charge < -0.3 is 0 Å². The lowest BCUT2D eigenvalue weighted by atomic mass is 10.1. The van der Waals surface area contributed by atoms with E-state index in [4.69, 9.17) is 12.2 Å². The van der Waals surface area contributed by atoms with Crippen LogP contribution in [0.15, 0.2) is 12.2 Å². The summed E-state index contributed by atoms with van der Waals surface area (Å²) in [5, 5.41) is 0. The van der Waals surface area contributed by atoms with E-state index in [1.807, 2.05) is 0 Å². The molecule has 5 heteroatoms. The molecular weight excluding hydrogens is 212 g/mol. The van der Waals surface area contributed by atoms with Crippen molar-refractivity contribution in [2.24, 2.45) is 0 Å². The number of rotatable bonds is 0. The van der Waals surface area contributed by atoms with E-state index < -0.39 is 0 Å². The van der Waals surface area contributed by atoms with Crippen molar-refractivity contribution in [2.75, 3.05) is 0 Å². The summed E-state index contributed by atoms with van der Waals surface area (Å²) in [6, 6.07) is 0. The number of allylic oxidation sites excluding steroid dienone is 2. The Morgan fingerprint density at radius 3 is 1.83 bits per heavy atom. The molecule has 2 nitrogen and oxygen atoms in total. The molecule has 60 valence electrons. The van der Waals surface area contributed by atoms with Gasteiger partial charge in [0, 0.05) is 0 Å². The van der Waals surface area contributed by atoms with Crippen molar-refractivity contribution in [3.63, 3.8) is 0 Å². The molecule has 0 amide bonds. The second kappa shape index (κ2) is 2.69. The maximum atomic E-state index is 11.2. The Labute approximate surface area is 81.2 Å². The minimum absolute atomic E-state index is 0.109. The van der Waals surface area contributed by atoms with E-state index in [0.717, 1.165) is 0 Å². The summed E-state index contributed by atoms with van der Waals surface area (Å²) >= 11 is 7.32. The fraction of sp³-hybridized carbons (Fsp3) is 0. The third kappa shape index (κ3) is 1.10. The van der Waals surface area contributed by atoms with Crippen LogP contribution < -0.4 is 0 Å². The Balaban J connectivity index is 2.76. The van der Waals surface area contributed by atoms with Crippen LogP contribution in [0, 0.1) is 3.14 Å². The highest BCUT2D eigenvalue weighted by atomic mass is 32.2. The summed E-state index contributed by atoms with van der Waals surface area (Å²) in [6.45, 7) is 0. The highest BCUT2D eigenvalue weighted by Gasteiger charge is 2.21. The van der Waals surface area contributed by atoms with Crippen molar-refractivity contribution in [2.45, 2.75) is 0 Å². The van der Waals surface area contributed by atoms with Crippen LogP contribution in [0.2, 0.25) is 0 Å². The largest absolute Gasteiger partial charge is 0.288 e. The summed E-state index contributed by atoms with van der Waals surface area (Å²) in [7, 11) is 0. The third-order valence-corrected chi connectivity index (χ3v) is 4.09. The second-order valence-electron chi connectivity index (χ2n) is 2.17. The maximum Gasteiger partial charge on any atom is 0.197 e. The zero-order valence-electron chi connectivity index (χ0n) is 5.70. The van der Waals surface area contributed by atoms with Crippen LogP contribution in [0.4, 0.5) is 0 Å². The van der Waals surface area contributed by atoms with E-state index in [-0.39, 0.29) is 11.6 Å². The number of hydrogen-bond acceptors (Lipinski definition) is 5.